The molecule has 3 rings (SSSR count). The molecule has 0 radical (unpaired) electrons. The van der Waals surface area contributed by atoms with Gasteiger partial charge in [-0.05, 0) is 27.2 Å². The van der Waals surface area contributed by atoms with Gasteiger partial charge in [0, 0.05) is 23.6 Å². The third kappa shape index (κ3) is 3.68. The molecule has 1 aliphatic rings. The molecule has 2 amide bonds. The first-order valence-corrected chi connectivity index (χ1v) is 10.2. The van der Waals surface area contributed by atoms with E-state index in [1.807, 2.05) is 54.5 Å². The van der Waals surface area contributed by atoms with E-state index in [0.717, 1.165) is 12.1 Å². The highest BCUT2D eigenvalue weighted by molar-refractivity contribution is 5.98. The smallest absolute Gasteiger partial charge is 0.280 e. The lowest BCUT2D eigenvalue weighted by Crippen LogP contribution is -2.37. The predicted octanol–water partition coefficient (Wildman–Crippen LogP) is 2.07. The van der Waals surface area contributed by atoms with Gasteiger partial charge in [-0.2, -0.15) is 9.61 Å². The van der Waals surface area contributed by atoms with Crippen LogP contribution in [-0.4, -0.2) is 43.0 Å². The summed E-state index contributed by atoms with van der Waals surface area (Å²) in [5.41, 5.74) is 1.35. The number of carbonyl (C=O) groups excluding carboxylic acids is 2. The fourth-order valence-corrected chi connectivity index (χ4v) is 3.49. The van der Waals surface area contributed by atoms with Crippen molar-refractivity contribution >= 4 is 17.5 Å². The minimum atomic E-state index is -0.291. The Labute approximate surface area is 170 Å². The topological polar surface area (TPSA) is 88.7 Å². The summed E-state index contributed by atoms with van der Waals surface area (Å²) in [6.07, 6.45) is 0.810. The number of fused-ring (bicyclic) bond motifs is 2. The van der Waals surface area contributed by atoms with E-state index in [0.29, 0.717) is 16.9 Å². The average Bonchev–Trinajstić information content (AvgIpc) is 3.21. The number of rotatable bonds is 5. The monoisotopic (exact) mass is 401 g/mol. The molecule has 2 aromatic rings. The molecule has 0 saturated carbocycles. The molecule has 8 nitrogen and oxygen atoms in total. The second-order valence-electron chi connectivity index (χ2n) is 9.17. The molecule has 1 unspecified atom stereocenters. The fraction of sp³-hybridized carbons (Fsp3) is 0.619. The third-order valence-electron chi connectivity index (χ3n) is 5.48. The summed E-state index contributed by atoms with van der Waals surface area (Å²) in [4.78, 5) is 40.6. The van der Waals surface area contributed by atoms with Crippen molar-refractivity contribution in [1.29, 1.82) is 0 Å². The second kappa shape index (κ2) is 7.31. The van der Waals surface area contributed by atoms with Crippen LogP contribution in [0.15, 0.2) is 10.9 Å². The van der Waals surface area contributed by atoms with Crippen LogP contribution in [0.5, 0.6) is 0 Å². The van der Waals surface area contributed by atoms with E-state index in [9.17, 15) is 14.4 Å². The molecular formula is C21H31N5O3. The van der Waals surface area contributed by atoms with Crippen molar-refractivity contribution < 1.29 is 9.59 Å². The van der Waals surface area contributed by atoms with E-state index in [-0.39, 0.29) is 48.0 Å². The first-order chi connectivity index (χ1) is 13.5. The summed E-state index contributed by atoms with van der Waals surface area (Å²) < 4.78 is 2.99. The SMILES string of the molecule is CCC(C)NC(=O)Cn1c2c(c(=O)n3nc(C(C)(C)C)cc13)CN(C(C)C)C2=O. The Morgan fingerprint density at radius 1 is 1.24 bits per heavy atom. The summed E-state index contributed by atoms with van der Waals surface area (Å²) in [6, 6.07) is 1.79. The van der Waals surface area contributed by atoms with Gasteiger partial charge in [-0.3, -0.25) is 14.4 Å². The van der Waals surface area contributed by atoms with Crippen LogP contribution >= 0.6 is 0 Å². The van der Waals surface area contributed by atoms with Crippen LogP contribution in [0.4, 0.5) is 0 Å². The average molecular weight is 402 g/mol. The van der Waals surface area contributed by atoms with E-state index in [1.165, 1.54) is 4.52 Å². The molecule has 0 bridgehead atoms. The number of nitrogens with zero attached hydrogens (tertiary/aromatic N) is 4. The maximum atomic E-state index is 13.1. The van der Waals surface area contributed by atoms with E-state index in [1.54, 1.807) is 9.47 Å². The molecule has 1 N–H and O–H groups in total. The van der Waals surface area contributed by atoms with Gasteiger partial charge in [0.25, 0.3) is 11.5 Å². The summed E-state index contributed by atoms with van der Waals surface area (Å²) in [5, 5.41) is 7.46. The zero-order valence-corrected chi connectivity index (χ0v) is 18.4. The van der Waals surface area contributed by atoms with E-state index >= 15 is 0 Å². The zero-order valence-electron chi connectivity index (χ0n) is 18.4. The van der Waals surface area contributed by atoms with Gasteiger partial charge in [0.15, 0.2) is 0 Å². The van der Waals surface area contributed by atoms with Crippen molar-refractivity contribution in [3.05, 3.63) is 33.4 Å². The molecule has 2 aromatic heterocycles. The Hall–Kier alpha value is -2.64. The molecule has 0 aliphatic carbocycles. The van der Waals surface area contributed by atoms with Gasteiger partial charge in [-0.15, -0.1) is 0 Å². The summed E-state index contributed by atoms with van der Waals surface area (Å²) in [7, 11) is 0. The van der Waals surface area contributed by atoms with Crippen LogP contribution in [0.3, 0.4) is 0 Å². The van der Waals surface area contributed by atoms with Gasteiger partial charge in [0.2, 0.25) is 5.91 Å². The number of nitrogens with one attached hydrogen (secondary N) is 1. The number of hydrogen-bond donors (Lipinski definition) is 1. The molecule has 0 aromatic carbocycles. The Morgan fingerprint density at radius 2 is 1.90 bits per heavy atom. The van der Waals surface area contributed by atoms with Crippen molar-refractivity contribution in [2.45, 2.75) is 85.5 Å². The van der Waals surface area contributed by atoms with Crippen LogP contribution in [0, 0.1) is 0 Å². The maximum absolute atomic E-state index is 13.1. The molecule has 8 heteroatoms. The number of carbonyl (C=O) groups is 2. The first kappa shape index (κ1) is 21.1. The third-order valence-corrected chi connectivity index (χ3v) is 5.48. The van der Waals surface area contributed by atoms with E-state index in [2.05, 4.69) is 10.4 Å². The fourth-order valence-electron chi connectivity index (χ4n) is 3.49. The molecular weight excluding hydrogens is 370 g/mol. The van der Waals surface area contributed by atoms with Crippen LogP contribution in [-0.2, 0) is 23.3 Å². The first-order valence-electron chi connectivity index (χ1n) is 10.2. The van der Waals surface area contributed by atoms with Crippen LogP contribution in [0.2, 0.25) is 0 Å². The second-order valence-corrected chi connectivity index (χ2v) is 9.17. The summed E-state index contributed by atoms with van der Waals surface area (Å²) in [6.45, 7) is 14.0. The summed E-state index contributed by atoms with van der Waals surface area (Å²) >= 11 is 0. The molecule has 29 heavy (non-hydrogen) atoms. The lowest BCUT2D eigenvalue weighted by molar-refractivity contribution is -0.122. The molecule has 0 spiro atoms. The van der Waals surface area contributed by atoms with Crippen molar-refractivity contribution in [3.8, 4) is 0 Å². The minimum Gasteiger partial charge on any atom is -0.352 e. The summed E-state index contributed by atoms with van der Waals surface area (Å²) in [5.74, 6) is -0.411. The van der Waals surface area contributed by atoms with Crippen LogP contribution < -0.4 is 10.9 Å². The number of hydrogen-bond acceptors (Lipinski definition) is 4. The van der Waals surface area contributed by atoms with E-state index in [4.69, 9.17) is 0 Å². The van der Waals surface area contributed by atoms with Gasteiger partial charge in [0.05, 0.1) is 17.8 Å². The maximum Gasteiger partial charge on any atom is 0.280 e. The molecule has 0 saturated heterocycles. The van der Waals surface area contributed by atoms with Gasteiger partial charge in [0.1, 0.15) is 17.9 Å². The van der Waals surface area contributed by atoms with Crippen molar-refractivity contribution in [2.75, 3.05) is 0 Å². The molecule has 3 heterocycles. The molecule has 158 valence electrons. The van der Waals surface area contributed by atoms with Crippen molar-refractivity contribution in [1.82, 2.24) is 24.4 Å². The predicted molar refractivity (Wildman–Crippen MR) is 111 cm³/mol. The Kier molecular flexibility index (Phi) is 5.32. The molecule has 0 fully saturated rings. The highest BCUT2D eigenvalue weighted by Crippen LogP contribution is 2.27. The van der Waals surface area contributed by atoms with Gasteiger partial charge < -0.3 is 14.8 Å². The number of aromatic nitrogens is 3. The quantitative estimate of drug-likeness (QED) is 0.831. The Balaban J connectivity index is 2.22. The lowest BCUT2D eigenvalue weighted by atomic mass is 9.93. The van der Waals surface area contributed by atoms with Gasteiger partial charge in [-0.25, -0.2) is 0 Å². The van der Waals surface area contributed by atoms with E-state index < -0.39 is 0 Å². The van der Waals surface area contributed by atoms with Crippen LogP contribution in [0.25, 0.3) is 5.65 Å². The zero-order chi connectivity index (χ0) is 21.7. The highest BCUT2D eigenvalue weighted by atomic mass is 16.2. The Bertz CT molecular complexity index is 1030. The largest absolute Gasteiger partial charge is 0.352 e. The number of amides is 2. The molecule has 1 atom stereocenters. The Morgan fingerprint density at radius 3 is 2.45 bits per heavy atom. The highest BCUT2D eigenvalue weighted by Gasteiger charge is 2.36. The normalized spacial score (nSPS) is 15.3. The van der Waals surface area contributed by atoms with Crippen LogP contribution in [0.1, 0.15) is 76.6 Å². The van der Waals surface area contributed by atoms with Gasteiger partial charge >= 0.3 is 0 Å². The van der Waals surface area contributed by atoms with Crippen molar-refractivity contribution in [3.63, 3.8) is 0 Å². The van der Waals surface area contributed by atoms with Crippen molar-refractivity contribution in [2.24, 2.45) is 0 Å². The minimum absolute atomic E-state index is 0.0314. The molecule has 1 aliphatic heterocycles. The lowest BCUT2D eigenvalue weighted by Gasteiger charge is -2.20. The standard InChI is InChI=1S/C21H31N5O3/c1-8-13(4)22-16(27)11-25-17-9-15(21(5,6)7)23-26(17)19(28)14-10-24(12(2)3)20(29)18(14)25/h9,12-13H,8,10-11H2,1-7H3,(H,22,27). The van der Waals surface area contributed by atoms with Gasteiger partial charge in [-0.1, -0.05) is 27.7 Å².